The SMILES string of the molecule is CC.CCO.OC1CCCCC1. The molecule has 0 aromatic carbocycles. The van der Waals surface area contributed by atoms with Crippen LogP contribution in [0, 0.1) is 0 Å². The van der Waals surface area contributed by atoms with Crippen molar-refractivity contribution in [3.05, 3.63) is 0 Å². The molecule has 1 fully saturated rings. The van der Waals surface area contributed by atoms with E-state index in [9.17, 15) is 0 Å². The molecule has 1 rings (SSSR count). The van der Waals surface area contributed by atoms with Gasteiger partial charge in [0.2, 0.25) is 0 Å². The first-order chi connectivity index (χ1) is 5.81. The molecule has 0 spiro atoms. The van der Waals surface area contributed by atoms with Crippen LogP contribution in [0.4, 0.5) is 0 Å². The Balaban J connectivity index is 0. The normalized spacial score (nSPS) is 16.8. The van der Waals surface area contributed by atoms with E-state index in [0.29, 0.717) is 0 Å². The zero-order valence-corrected chi connectivity index (χ0v) is 8.71. The summed E-state index contributed by atoms with van der Waals surface area (Å²) in [6.07, 6.45) is 5.92. The quantitative estimate of drug-likeness (QED) is 0.594. The van der Waals surface area contributed by atoms with Gasteiger partial charge in [0.1, 0.15) is 0 Å². The summed E-state index contributed by atoms with van der Waals surface area (Å²) < 4.78 is 0. The van der Waals surface area contributed by atoms with Gasteiger partial charge in [0, 0.05) is 6.61 Å². The van der Waals surface area contributed by atoms with E-state index in [1.807, 2.05) is 13.8 Å². The van der Waals surface area contributed by atoms with Gasteiger partial charge < -0.3 is 10.2 Å². The van der Waals surface area contributed by atoms with Crippen molar-refractivity contribution in [3.63, 3.8) is 0 Å². The first-order valence-corrected chi connectivity index (χ1v) is 5.10. The fraction of sp³-hybridized carbons (Fsp3) is 1.00. The number of aliphatic hydroxyl groups excluding tert-OH is 2. The molecule has 1 saturated carbocycles. The molecule has 0 radical (unpaired) electrons. The summed E-state index contributed by atoms with van der Waals surface area (Å²) in [7, 11) is 0. The zero-order chi connectivity index (χ0) is 9.82. The molecular weight excluding hydrogens is 152 g/mol. The van der Waals surface area contributed by atoms with Crippen molar-refractivity contribution in [1.82, 2.24) is 0 Å². The second-order valence-corrected chi connectivity index (χ2v) is 2.61. The standard InChI is InChI=1S/C6H12O.C2H6O.C2H6/c7-6-4-2-1-3-5-6;1-2-3;1-2/h6-7H,1-5H2;3H,2H2,1H3;1-2H3. The minimum Gasteiger partial charge on any atom is -0.397 e. The molecule has 0 amide bonds. The van der Waals surface area contributed by atoms with E-state index in [1.54, 1.807) is 6.92 Å². The molecule has 0 atom stereocenters. The molecule has 0 bridgehead atoms. The van der Waals surface area contributed by atoms with E-state index in [2.05, 4.69) is 0 Å². The fourth-order valence-corrected chi connectivity index (χ4v) is 1.08. The van der Waals surface area contributed by atoms with Gasteiger partial charge in [0.05, 0.1) is 6.10 Å². The third-order valence-electron chi connectivity index (χ3n) is 1.57. The summed E-state index contributed by atoms with van der Waals surface area (Å²) in [6.45, 7) is 5.93. The lowest BCUT2D eigenvalue weighted by molar-refractivity contribution is 0.130. The van der Waals surface area contributed by atoms with Gasteiger partial charge in [-0.1, -0.05) is 33.1 Å². The number of hydrogen-bond donors (Lipinski definition) is 2. The first kappa shape index (κ1) is 14.4. The average molecular weight is 176 g/mol. The van der Waals surface area contributed by atoms with E-state index in [1.165, 1.54) is 19.3 Å². The van der Waals surface area contributed by atoms with Gasteiger partial charge in [0.25, 0.3) is 0 Å². The van der Waals surface area contributed by atoms with Crippen LogP contribution in [0.15, 0.2) is 0 Å². The molecule has 2 nitrogen and oxygen atoms in total. The summed E-state index contributed by atoms with van der Waals surface area (Å²) in [5, 5.41) is 16.5. The Hall–Kier alpha value is -0.0800. The molecule has 0 aliphatic heterocycles. The third kappa shape index (κ3) is 12.6. The second kappa shape index (κ2) is 13.5. The fourth-order valence-electron chi connectivity index (χ4n) is 1.08. The smallest absolute Gasteiger partial charge is 0.0540 e. The Morgan fingerprint density at radius 3 is 1.58 bits per heavy atom. The van der Waals surface area contributed by atoms with Gasteiger partial charge in [0.15, 0.2) is 0 Å². The van der Waals surface area contributed by atoms with Gasteiger partial charge >= 0.3 is 0 Å². The molecule has 0 aromatic heterocycles. The second-order valence-electron chi connectivity index (χ2n) is 2.61. The van der Waals surface area contributed by atoms with Crippen LogP contribution in [0.1, 0.15) is 52.9 Å². The third-order valence-corrected chi connectivity index (χ3v) is 1.57. The van der Waals surface area contributed by atoms with Crippen LogP contribution in [0.5, 0.6) is 0 Å². The highest BCUT2D eigenvalue weighted by molar-refractivity contribution is 4.61. The lowest BCUT2D eigenvalue weighted by atomic mass is 9.98. The van der Waals surface area contributed by atoms with Crippen molar-refractivity contribution in [2.45, 2.75) is 59.0 Å². The molecule has 2 N–H and O–H groups in total. The van der Waals surface area contributed by atoms with Gasteiger partial charge in [-0.3, -0.25) is 0 Å². The molecule has 0 heterocycles. The van der Waals surface area contributed by atoms with Gasteiger partial charge in [-0.2, -0.15) is 0 Å². The van der Waals surface area contributed by atoms with Gasteiger partial charge in [-0.05, 0) is 19.8 Å². The van der Waals surface area contributed by atoms with E-state index >= 15 is 0 Å². The zero-order valence-electron chi connectivity index (χ0n) is 8.71. The highest BCUT2D eigenvalue weighted by Crippen LogP contribution is 2.16. The maximum Gasteiger partial charge on any atom is 0.0540 e. The minimum absolute atomic E-state index is 0.0359. The Labute approximate surface area is 76.6 Å². The molecule has 0 saturated heterocycles. The predicted octanol–water partition coefficient (Wildman–Crippen LogP) is 2.34. The van der Waals surface area contributed by atoms with Crippen LogP contribution >= 0.6 is 0 Å². The summed E-state index contributed by atoms with van der Waals surface area (Å²) in [5.41, 5.74) is 0. The number of hydrogen-bond acceptors (Lipinski definition) is 2. The van der Waals surface area contributed by atoms with Crippen LogP contribution in [-0.4, -0.2) is 22.9 Å². The summed E-state index contributed by atoms with van der Waals surface area (Å²) in [6, 6.07) is 0. The maximum absolute atomic E-state index is 8.91. The van der Waals surface area contributed by atoms with E-state index < -0.39 is 0 Å². The number of rotatable bonds is 0. The molecule has 1 aliphatic rings. The molecule has 76 valence electrons. The highest BCUT2D eigenvalue weighted by atomic mass is 16.3. The molecule has 0 unspecified atom stereocenters. The van der Waals surface area contributed by atoms with Gasteiger partial charge in [-0.15, -0.1) is 0 Å². The molecule has 2 heteroatoms. The van der Waals surface area contributed by atoms with Crippen LogP contribution in [0.2, 0.25) is 0 Å². The maximum atomic E-state index is 8.91. The van der Waals surface area contributed by atoms with Crippen LogP contribution in [0.3, 0.4) is 0 Å². The predicted molar refractivity (Wildman–Crippen MR) is 53.2 cm³/mol. The molecule has 1 aliphatic carbocycles. The Morgan fingerprint density at radius 1 is 1.08 bits per heavy atom. The molecule has 12 heavy (non-hydrogen) atoms. The van der Waals surface area contributed by atoms with Crippen molar-refractivity contribution >= 4 is 0 Å². The monoisotopic (exact) mass is 176 g/mol. The average Bonchev–Trinajstić information content (AvgIpc) is 2.11. The largest absolute Gasteiger partial charge is 0.397 e. The Bertz CT molecular complexity index is 58.9. The molecule has 0 aromatic rings. The summed E-state index contributed by atoms with van der Waals surface area (Å²) in [4.78, 5) is 0. The summed E-state index contributed by atoms with van der Waals surface area (Å²) in [5.74, 6) is 0. The lowest BCUT2D eigenvalue weighted by Gasteiger charge is -2.14. The topological polar surface area (TPSA) is 40.5 Å². The number of aliphatic hydroxyl groups is 2. The van der Waals surface area contributed by atoms with Crippen molar-refractivity contribution in [2.75, 3.05) is 6.61 Å². The first-order valence-electron chi connectivity index (χ1n) is 5.10. The Morgan fingerprint density at radius 2 is 1.42 bits per heavy atom. The van der Waals surface area contributed by atoms with Crippen LogP contribution in [-0.2, 0) is 0 Å². The Kier molecular flexibility index (Phi) is 16.3. The van der Waals surface area contributed by atoms with Crippen molar-refractivity contribution in [3.8, 4) is 0 Å². The van der Waals surface area contributed by atoms with Crippen molar-refractivity contribution < 1.29 is 10.2 Å². The van der Waals surface area contributed by atoms with Crippen molar-refractivity contribution in [2.24, 2.45) is 0 Å². The van der Waals surface area contributed by atoms with Crippen LogP contribution in [0.25, 0.3) is 0 Å². The highest BCUT2D eigenvalue weighted by Gasteiger charge is 2.07. The molecular formula is C10H24O2. The minimum atomic E-state index is 0.0359. The lowest BCUT2D eigenvalue weighted by Crippen LogP contribution is -2.09. The van der Waals surface area contributed by atoms with E-state index in [4.69, 9.17) is 10.2 Å². The summed E-state index contributed by atoms with van der Waals surface area (Å²) >= 11 is 0. The van der Waals surface area contributed by atoms with Crippen LogP contribution < -0.4 is 0 Å². The van der Waals surface area contributed by atoms with Gasteiger partial charge in [-0.25, -0.2) is 0 Å². The van der Waals surface area contributed by atoms with E-state index in [-0.39, 0.29) is 12.7 Å². The van der Waals surface area contributed by atoms with Crippen molar-refractivity contribution in [1.29, 1.82) is 0 Å². The van der Waals surface area contributed by atoms with E-state index in [0.717, 1.165) is 12.8 Å².